The van der Waals surface area contributed by atoms with E-state index >= 15 is 0 Å². The number of aliphatic hydroxyl groups is 1. The van der Waals surface area contributed by atoms with Crippen molar-refractivity contribution in [1.29, 1.82) is 0 Å². The Morgan fingerprint density at radius 3 is 1.55 bits per heavy atom. The van der Waals surface area contributed by atoms with Crippen molar-refractivity contribution in [3.05, 3.63) is 71.8 Å². The minimum atomic E-state index is -1.52. The molecule has 2 rings (SSSR count). The Morgan fingerprint density at radius 2 is 1.15 bits per heavy atom. The normalized spacial score (nSPS) is 13.3. The van der Waals surface area contributed by atoms with Crippen molar-refractivity contribution in [2.75, 3.05) is 13.2 Å². The molecular formula is C23H28N4O6. The van der Waals surface area contributed by atoms with Crippen LogP contribution in [0, 0.1) is 0 Å². The van der Waals surface area contributed by atoms with Gasteiger partial charge in [-0.25, -0.2) is 4.79 Å². The summed E-state index contributed by atoms with van der Waals surface area (Å²) in [5.74, 6) is -3.36. The van der Waals surface area contributed by atoms with Crippen LogP contribution in [0.2, 0.25) is 0 Å². The van der Waals surface area contributed by atoms with Gasteiger partial charge in [0, 0.05) is 12.8 Å². The molecule has 0 fully saturated rings. The van der Waals surface area contributed by atoms with Gasteiger partial charge in [0.2, 0.25) is 17.7 Å². The number of amides is 3. The third-order valence-corrected chi connectivity index (χ3v) is 4.83. The van der Waals surface area contributed by atoms with Gasteiger partial charge in [-0.3, -0.25) is 14.4 Å². The molecule has 7 N–H and O–H groups in total. The van der Waals surface area contributed by atoms with Gasteiger partial charge in [-0.05, 0) is 11.1 Å². The summed E-state index contributed by atoms with van der Waals surface area (Å²) in [4.78, 5) is 49.0. The third kappa shape index (κ3) is 8.36. The van der Waals surface area contributed by atoms with Crippen LogP contribution < -0.4 is 21.7 Å². The zero-order chi connectivity index (χ0) is 24.2. The van der Waals surface area contributed by atoms with Crippen molar-refractivity contribution >= 4 is 23.7 Å². The maximum Gasteiger partial charge on any atom is 0.328 e. The number of aliphatic carboxylic acids is 1. The summed E-state index contributed by atoms with van der Waals surface area (Å²) in [6, 6.07) is 14.1. The first-order valence-electron chi connectivity index (χ1n) is 10.4. The molecule has 0 aliphatic heterocycles. The standard InChI is InChI=1S/C23H28N4O6/c24-13-20(29)25-17(11-15-7-3-1-4-8-15)21(30)26-18(12-16-9-5-2-6-10-16)22(31)27-19(14-28)23(32)33/h1-10,17-19,28H,11-14,24H2,(H,25,29)(H,26,30)(H,27,31)(H,32,33). The lowest BCUT2D eigenvalue weighted by Crippen LogP contribution is -2.57. The zero-order valence-electron chi connectivity index (χ0n) is 17.9. The molecule has 176 valence electrons. The van der Waals surface area contributed by atoms with Gasteiger partial charge in [-0.1, -0.05) is 60.7 Å². The van der Waals surface area contributed by atoms with E-state index in [9.17, 15) is 24.3 Å². The van der Waals surface area contributed by atoms with E-state index in [1.165, 1.54) is 0 Å². The largest absolute Gasteiger partial charge is 0.480 e. The summed E-state index contributed by atoms with van der Waals surface area (Å²) >= 11 is 0. The van der Waals surface area contributed by atoms with Crippen molar-refractivity contribution < 1.29 is 29.4 Å². The van der Waals surface area contributed by atoms with Crippen LogP contribution in [0.1, 0.15) is 11.1 Å². The molecule has 2 aromatic rings. The summed E-state index contributed by atoms with van der Waals surface area (Å²) in [7, 11) is 0. The predicted molar refractivity (Wildman–Crippen MR) is 120 cm³/mol. The highest BCUT2D eigenvalue weighted by Gasteiger charge is 2.29. The minimum absolute atomic E-state index is 0.0685. The van der Waals surface area contributed by atoms with Crippen LogP contribution >= 0.6 is 0 Å². The number of benzene rings is 2. The number of carboxylic acid groups (broad SMARTS) is 1. The molecule has 0 bridgehead atoms. The molecule has 3 atom stereocenters. The molecule has 0 saturated heterocycles. The summed E-state index contributed by atoms with van der Waals surface area (Å²) in [5.41, 5.74) is 6.88. The molecule has 0 heterocycles. The van der Waals surface area contributed by atoms with E-state index in [0.717, 1.165) is 11.1 Å². The number of nitrogens with two attached hydrogens (primary N) is 1. The number of carboxylic acids is 1. The molecule has 0 spiro atoms. The Kier molecular flexibility index (Phi) is 10.00. The lowest BCUT2D eigenvalue weighted by atomic mass is 10.0. The first kappa shape index (κ1) is 25.5. The molecule has 0 aliphatic rings. The molecule has 0 aromatic heterocycles. The monoisotopic (exact) mass is 456 g/mol. The maximum atomic E-state index is 13.1. The predicted octanol–water partition coefficient (Wildman–Crippen LogP) is -1.04. The van der Waals surface area contributed by atoms with E-state index in [2.05, 4.69) is 16.0 Å². The SMILES string of the molecule is NCC(=O)NC(Cc1ccccc1)C(=O)NC(Cc1ccccc1)C(=O)NC(CO)C(=O)O. The highest BCUT2D eigenvalue weighted by Crippen LogP contribution is 2.07. The van der Waals surface area contributed by atoms with E-state index in [1.807, 2.05) is 6.07 Å². The van der Waals surface area contributed by atoms with Crippen molar-refractivity contribution in [1.82, 2.24) is 16.0 Å². The summed E-state index contributed by atoms with van der Waals surface area (Å²) in [5, 5.41) is 25.7. The summed E-state index contributed by atoms with van der Waals surface area (Å²) in [6.45, 7) is -1.13. The quantitative estimate of drug-likeness (QED) is 0.237. The fourth-order valence-corrected chi connectivity index (χ4v) is 3.10. The Labute approximate surface area is 191 Å². The molecular weight excluding hydrogens is 428 g/mol. The highest BCUT2D eigenvalue weighted by molar-refractivity contribution is 5.93. The van der Waals surface area contributed by atoms with Gasteiger partial charge in [0.05, 0.1) is 13.2 Å². The highest BCUT2D eigenvalue weighted by atomic mass is 16.4. The van der Waals surface area contributed by atoms with Gasteiger partial charge in [0.15, 0.2) is 0 Å². The second-order valence-corrected chi connectivity index (χ2v) is 7.35. The number of hydrogen-bond acceptors (Lipinski definition) is 6. The topological polar surface area (TPSA) is 171 Å². The van der Waals surface area contributed by atoms with Crippen LogP contribution in [-0.4, -0.2) is 65.2 Å². The molecule has 0 aliphatic carbocycles. The molecule has 33 heavy (non-hydrogen) atoms. The minimum Gasteiger partial charge on any atom is -0.480 e. The Hall–Kier alpha value is -3.76. The number of carbonyl (C=O) groups is 4. The fraction of sp³-hybridized carbons (Fsp3) is 0.304. The second kappa shape index (κ2) is 12.9. The fourth-order valence-electron chi connectivity index (χ4n) is 3.10. The lowest BCUT2D eigenvalue weighted by Gasteiger charge is -2.24. The Morgan fingerprint density at radius 1 is 0.727 bits per heavy atom. The van der Waals surface area contributed by atoms with Crippen molar-refractivity contribution in [3.63, 3.8) is 0 Å². The molecule has 0 radical (unpaired) electrons. The van der Waals surface area contributed by atoms with Gasteiger partial charge in [0.1, 0.15) is 18.1 Å². The first-order valence-corrected chi connectivity index (χ1v) is 10.4. The van der Waals surface area contributed by atoms with Crippen LogP contribution in [0.5, 0.6) is 0 Å². The lowest BCUT2D eigenvalue weighted by molar-refractivity contribution is -0.143. The van der Waals surface area contributed by atoms with E-state index in [4.69, 9.17) is 10.8 Å². The van der Waals surface area contributed by atoms with E-state index in [1.54, 1.807) is 54.6 Å². The van der Waals surface area contributed by atoms with E-state index in [-0.39, 0.29) is 19.4 Å². The second-order valence-electron chi connectivity index (χ2n) is 7.35. The summed E-state index contributed by atoms with van der Waals surface area (Å²) in [6.07, 6.45) is 0.228. The third-order valence-electron chi connectivity index (χ3n) is 4.83. The number of nitrogens with one attached hydrogen (secondary N) is 3. The van der Waals surface area contributed by atoms with Gasteiger partial charge >= 0.3 is 5.97 Å². The molecule has 3 unspecified atom stereocenters. The Balaban J connectivity index is 2.23. The summed E-state index contributed by atoms with van der Waals surface area (Å²) < 4.78 is 0. The number of rotatable bonds is 12. The molecule has 3 amide bonds. The van der Waals surface area contributed by atoms with Crippen LogP contribution in [0.3, 0.4) is 0 Å². The number of aliphatic hydroxyl groups excluding tert-OH is 1. The van der Waals surface area contributed by atoms with Crippen LogP contribution in [-0.2, 0) is 32.0 Å². The van der Waals surface area contributed by atoms with Gasteiger partial charge in [-0.15, -0.1) is 0 Å². The van der Waals surface area contributed by atoms with Gasteiger partial charge in [-0.2, -0.15) is 0 Å². The van der Waals surface area contributed by atoms with E-state index < -0.39 is 48.4 Å². The van der Waals surface area contributed by atoms with Gasteiger partial charge < -0.3 is 31.9 Å². The molecule has 0 saturated carbocycles. The number of carbonyl (C=O) groups excluding carboxylic acids is 3. The van der Waals surface area contributed by atoms with Crippen molar-refractivity contribution in [2.45, 2.75) is 31.0 Å². The van der Waals surface area contributed by atoms with E-state index in [0.29, 0.717) is 0 Å². The van der Waals surface area contributed by atoms with Crippen LogP contribution in [0.25, 0.3) is 0 Å². The van der Waals surface area contributed by atoms with Gasteiger partial charge in [0.25, 0.3) is 0 Å². The van der Waals surface area contributed by atoms with Crippen LogP contribution in [0.4, 0.5) is 0 Å². The molecule has 2 aromatic carbocycles. The maximum absolute atomic E-state index is 13.1. The van der Waals surface area contributed by atoms with Crippen molar-refractivity contribution in [3.8, 4) is 0 Å². The average molecular weight is 456 g/mol. The average Bonchev–Trinajstić information content (AvgIpc) is 2.82. The molecule has 10 heteroatoms. The number of hydrogen-bond donors (Lipinski definition) is 6. The molecule has 10 nitrogen and oxygen atoms in total. The van der Waals surface area contributed by atoms with Crippen LogP contribution in [0.15, 0.2) is 60.7 Å². The zero-order valence-corrected chi connectivity index (χ0v) is 17.9. The van der Waals surface area contributed by atoms with Crippen molar-refractivity contribution in [2.24, 2.45) is 5.73 Å². The first-order chi connectivity index (χ1) is 15.8. The smallest absolute Gasteiger partial charge is 0.328 e. The Bertz CT molecular complexity index is 938.